The minimum absolute atomic E-state index is 0.0935. The second-order valence-electron chi connectivity index (χ2n) is 5.02. The van der Waals surface area contributed by atoms with Crippen molar-refractivity contribution < 1.29 is 0 Å². The molecule has 108 valence electrons. The summed E-state index contributed by atoms with van der Waals surface area (Å²) in [5.74, 6) is 0. The molecular weight excluding hydrogens is 260 g/mol. The minimum Gasteiger partial charge on any atom is -0.370 e. The number of likely N-dealkylation sites (N-methyl/N-ethyl adjacent to an activating group) is 2. The highest BCUT2D eigenvalue weighted by atomic mass is 32.2. The Morgan fingerprint density at radius 2 is 1.74 bits per heavy atom. The van der Waals surface area contributed by atoms with Crippen LogP contribution in [0.25, 0.3) is 0 Å². The topological polar surface area (TPSA) is 40.6 Å². The van der Waals surface area contributed by atoms with Crippen LogP contribution in [0.3, 0.4) is 0 Å². The van der Waals surface area contributed by atoms with E-state index in [4.69, 9.17) is 0 Å². The van der Waals surface area contributed by atoms with E-state index >= 15 is 0 Å². The molecule has 0 spiro atoms. The highest BCUT2D eigenvalue weighted by Gasteiger charge is 2.27. The van der Waals surface area contributed by atoms with Crippen LogP contribution >= 0.6 is 11.8 Å². The fraction of sp³-hybridized carbons (Fsp3) is 0.714. The van der Waals surface area contributed by atoms with Gasteiger partial charge in [0.2, 0.25) is 10.9 Å². The van der Waals surface area contributed by atoms with Crippen molar-refractivity contribution in [2.24, 2.45) is 0 Å². The maximum absolute atomic E-state index is 11.7. The van der Waals surface area contributed by atoms with E-state index in [1.54, 1.807) is 11.8 Å². The van der Waals surface area contributed by atoms with Crippen molar-refractivity contribution in [2.45, 2.75) is 25.5 Å². The average molecular weight is 284 g/mol. The van der Waals surface area contributed by atoms with Gasteiger partial charge in [-0.05, 0) is 33.2 Å². The Morgan fingerprint density at radius 3 is 2.26 bits per heavy atom. The normalized spacial score (nSPS) is 13.2. The van der Waals surface area contributed by atoms with E-state index in [-0.39, 0.29) is 16.1 Å². The maximum Gasteiger partial charge on any atom is 0.249 e. The van der Waals surface area contributed by atoms with E-state index in [2.05, 4.69) is 18.9 Å². The molecular formula is C14H24N2O2S. The molecule has 0 N–H and O–H groups in total. The molecule has 0 fully saturated rings. The lowest BCUT2D eigenvalue weighted by atomic mass is 10.0. The Bertz CT molecular complexity index is 480. The Labute approximate surface area is 119 Å². The van der Waals surface area contributed by atoms with Crippen LogP contribution in [-0.4, -0.2) is 44.9 Å². The van der Waals surface area contributed by atoms with Gasteiger partial charge in [-0.2, -0.15) is 11.8 Å². The molecule has 19 heavy (non-hydrogen) atoms. The molecule has 0 aliphatic carbocycles. The molecule has 0 aromatic heterocycles. The van der Waals surface area contributed by atoms with E-state index < -0.39 is 0 Å². The van der Waals surface area contributed by atoms with Gasteiger partial charge in [-0.3, -0.25) is 9.59 Å². The molecule has 0 saturated heterocycles. The van der Waals surface area contributed by atoms with E-state index in [1.165, 1.54) is 0 Å². The van der Waals surface area contributed by atoms with Gasteiger partial charge in [0.15, 0.2) is 0 Å². The molecule has 1 aromatic rings. The average Bonchev–Trinajstić information content (AvgIpc) is 2.40. The van der Waals surface area contributed by atoms with Gasteiger partial charge in [0.05, 0.1) is 5.69 Å². The number of hydrogen-bond acceptors (Lipinski definition) is 5. The monoisotopic (exact) mass is 284 g/mol. The first-order valence-electron chi connectivity index (χ1n) is 6.69. The van der Waals surface area contributed by atoms with Crippen molar-refractivity contribution in [2.75, 3.05) is 44.9 Å². The zero-order chi connectivity index (χ0) is 14.6. The van der Waals surface area contributed by atoms with E-state index in [1.807, 2.05) is 25.1 Å². The van der Waals surface area contributed by atoms with Crippen molar-refractivity contribution in [3.05, 3.63) is 26.0 Å². The van der Waals surface area contributed by atoms with E-state index in [0.717, 1.165) is 26.1 Å². The summed E-state index contributed by atoms with van der Waals surface area (Å²) in [5.41, 5.74) is 0.692. The lowest BCUT2D eigenvalue weighted by Gasteiger charge is -2.27. The first-order chi connectivity index (χ1) is 8.93. The Balaban J connectivity index is 2.73. The molecule has 0 aliphatic rings. The molecule has 4 nitrogen and oxygen atoms in total. The SMILES string of the molecule is CCCN(C)CCN(C)c1c(C(C)SC)c(=O)c1=O. The lowest BCUT2D eigenvalue weighted by molar-refractivity contribution is 0.342. The third kappa shape index (κ3) is 3.60. The fourth-order valence-electron chi connectivity index (χ4n) is 2.20. The summed E-state index contributed by atoms with van der Waals surface area (Å²) < 4.78 is 0. The van der Waals surface area contributed by atoms with Crippen molar-refractivity contribution >= 4 is 17.4 Å². The first-order valence-corrected chi connectivity index (χ1v) is 7.98. The summed E-state index contributed by atoms with van der Waals surface area (Å²) >= 11 is 1.60. The summed E-state index contributed by atoms with van der Waals surface area (Å²) in [5, 5.41) is 0.0935. The van der Waals surface area contributed by atoms with Crippen molar-refractivity contribution in [3.8, 4) is 0 Å². The summed E-state index contributed by atoms with van der Waals surface area (Å²) in [7, 11) is 3.97. The van der Waals surface area contributed by atoms with Gasteiger partial charge < -0.3 is 9.80 Å². The van der Waals surface area contributed by atoms with Gasteiger partial charge in [0.1, 0.15) is 0 Å². The van der Waals surface area contributed by atoms with Crippen molar-refractivity contribution in [1.82, 2.24) is 4.90 Å². The van der Waals surface area contributed by atoms with Crippen molar-refractivity contribution in [1.29, 1.82) is 0 Å². The second kappa shape index (κ2) is 7.10. The first kappa shape index (κ1) is 16.2. The van der Waals surface area contributed by atoms with Gasteiger partial charge in [-0.15, -0.1) is 0 Å². The summed E-state index contributed by atoms with van der Waals surface area (Å²) in [6.07, 6.45) is 3.08. The van der Waals surface area contributed by atoms with Crippen LogP contribution in [0.2, 0.25) is 0 Å². The van der Waals surface area contributed by atoms with E-state index in [9.17, 15) is 9.59 Å². The van der Waals surface area contributed by atoms with Crippen LogP contribution < -0.4 is 15.8 Å². The zero-order valence-electron chi connectivity index (χ0n) is 12.5. The second-order valence-corrected chi connectivity index (χ2v) is 6.20. The van der Waals surface area contributed by atoms with E-state index in [0.29, 0.717) is 11.3 Å². The Kier molecular flexibility index (Phi) is 6.07. The summed E-state index contributed by atoms with van der Waals surface area (Å²) in [4.78, 5) is 27.6. The number of hydrogen-bond donors (Lipinski definition) is 0. The number of rotatable bonds is 8. The van der Waals surface area contributed by atoms with Gasteiger partial charge >= 0.3 is 0 Å². The largest absolute Gasteiger partial charge is 0.370 e. The molecule has 0 aliphatic heterocycles. The van der Waals surface area contributed by atoms with Crippen LogP contribution in [0.5, 0.6) is 0 Å². The van der Waals surface area contributed by atoms with Crippen LogP contribution in [0.4, 0.5) is 5.69 Å². The Hall–Kier alpha value is -0.810. The molecule has 1 aromatic carbocycles. The molecule has 0 saturated carbocycles. The van der Waals surface area contributed by atoms with Gasteiger partial charge in [-0.25, -0.2) is 0 Å². The molecule has 0 heterocycles. The molecule has 5 heteroatoms. The maximum atomic E-state index is 11.7. The molecule has 0 bridgehead atoms. The predicted molar refractivity (Wildman–Crippen MR) is 84.3 cm³/mol. The molecule has 1 unspecified atom stereocenters. The summed E-state index contributed by atoms with van der Waals surface area (Å²) in [6, 6.07) is 0. The van der Waals surface area contributed by atoms with Crippen LogP contribution in [-0.2, 0) is 0 Å². The number of nitrogens with zero attached hydrogens (tertiary/aromatic N) is 2. The van der Waals surface area contributed by atoms with Crippen LogP contribution in [0.1, 0.15) is 31.1 Å². The lowest BCUT2D eigenvalue weighted by Crippen LogP contribution is -2.44. The molecule has 1 atom stereocenters. The van der Waals surface area contributed by atoms with Crippen LogP contribution in [0, 0.1) is 0 Å². The predicted octanol–water partition coefficient (Wildman–Crippen LogP) is 1.48. The zero-order valence-corrected chi connectivity index (χ0v) is 13.3. The van der Waals surface area contributed by atoms with Crippen molar-refractivity contribution in [3.63, 3.8) is 0 Å². The van der Waals surface area contributed by atoms with Crippen LogP contribution in [0.15, 0.2) is 9.59 Å². The highest BCUT2D eigenvalue weighted by molar-refractivity contribution is 7.98. The summed E-state index contributed by atoms with van der Waals surface area (Å²) in [6.45, 7) is 6.84. The molecule has 1 rings (SSSR count). The smallest absolute Gasteiger partial charge is 0.249 e. The Morgan fingerprint density at radius 1 is 1.11 bits per heavy atom. The number of anilines is 1. The minimum atomic E-state index is -0.323. The molecule has 0 radical (unpaired) electrons. The quantitative estimate of drug-likeness (QED) is 0.676. The fourth-order valence-corrected chi connectivity index (χ4v) is 2.65. The third-order valence-corrected chi connectivity index (χ3v) is 4.43. The van der Waals surface area contributed by atoms with Gasteiger partial charge in [-0.1, -0.05) is 6.92 Å². The van der Waals surface area contributed by atoms with Gasteiger partial charge in [0, 0.05) is 31.0 Å². The molecule has 0 amide bonds. The number of thioether (sulfide) groups is 1. The standard InChI is InChI=1S/C14H24N2O2S/c1-6-7-15(3)8-9-16(4)12-11(10(2)19-5)13(17)14(12)18/h10H,6-9H2,1-5H3. The van der Waals surface area contributed by atoms with Gasteiger partial charge in [0.25, 0.3) is 0 Å². The highest BCUT2D eigenvalue weighted by Crippen LogP contribution is 2.29. The third-order valence-electron chi connectivity index (χ3n) is 3.49.